The Balaban J connectivity index is 3.95. The SMILES string of the molecule is CC(C)NC(=O)CN(C)C(=O)NCC(=O)O. The third-order valence-corrected chi connectivity index (χ3v) is 1.57. The number of carboxylic acids is 1. The molecule has 0 aliphatic rings. The lowest BCUT2D eigenvalue weighted by molar-refractivity contribution is -0.135. The van der Waals surface area contributed by atoms with Gasteiger partial charge >= 0.3 is 12.0 Å². The van der Waals surface area contributed by atoms with Crippen LogP contribution in [0.2, 0.25) is 0 Å². The second-order valence-corrected chi connectivity index (χ2v) is 3.63. The van der Waals surface area contributed by atoms with Crippen LogP contribution in [-0.2, 0) is 9.59 Å². The molecule has 7 nitrogen and oxygen atoms in total. The van der Waals surface area contributed by atoms with Crippen molar-refractivity contribution in [2.24, 2.45) is 0 Å². The lowest BCUT2D eigenvalue weighted by Crippen LogP contribution is -2.45. The van der Waals surface area contributed by atoms with Gasteiger partial charge in [-0.2, -0.15) is 0 Å². The smallest absolute Gasteiger partial charge is 0.323 e. The van der Waals surface area contributed by atoms with Gasteiger partial charge in [0.25, 0.3) is 0 Å². The number of rotatable bonds is 5. The van der Waals surface area contributed by atoms with Gasteiger partial charge in [0.1, 0.15) is 13.1 Å². The molecular formula is C9H17N3O4. The molecule has 0 fully saturated rings. The highest BCUT2D eigenvalue weighted by Crippen LogP contribution is 1.85. The average Bonchev–Trinajstić information content (AvgIpc) is 2.12. The molecule has 92 valence electrons. The number of carbonyl (C=O) groups is 3. The summed E-state index contributed by atoms with van der Waals surface area (Å²) >= 11 is 0. The van der Waals surface area contributed by atoms with Gasteiger partial charge in [-0.05, 0) is 13.8 Å². The first kappa shape index (κ1) is 14.2. The third kappa shape index (κ3) is 6.63. The maximum absolute atomic E-state index is 11.3. The highest BCUT2D eigenvalue weighted by Gasteiger charge is 2.13. The summed E-state index contributed by atoms with van der Waals surface area (Å²) in [6.45, 7) is 3.05. The Morgan fingerprint density at radius 1 is 1.31 bits per heavy atom. The quantitative estimate of drug-likeness (QED) is 0.579. The van der Waals surface area contributed by atoms with Crippen molar-refractivity contribution in [1.29, 1.82) is 0 Å². The number of nitrogens with zero attached hydrogens (tertiary/aromatic N) is 1. The summed E-state index contributed by atoms with van der Waals surface area (Å²) < 4.78 is 0. The first-order chi connectivity index (χ1) is 7.32. The van der Waals surface area contributed by atoms with E-state index in [0.29, 0.717) is 0 Å². The number of hydrogen-bond donors (Lipinski definition) is 3. The summed E-state index contributed by atoms with van der Waals surface area (Å²) in [7, 11) is 1.41. The Morgan fingerprint density at radius 3 is 2.31 bits per heavy atom. The van der Waals surface area contributed by atoms with E-state index in [9.17, 15) is 14.4 Å². The average molecular weight is 231 g/mol. The molecule has 0 aromatic heterocycles. The molecule has 0 aromatic carbocycles. The Hall–Kier alpha value is -1.79. The van der Waals surface area contributed by atoms with Crippen LogP contribution in [0.25, 0.3) is 0 Å². The number of carboxylic acid groups (broad SMARTS) is 1. The van der Waals surface area contributed by atoms with Crippen LogP contribution in [0, 0.1) is 0 Å². The monoisotopic (exact) mass is 231 g/mol. The zero-order valence-corrected chi connectivity index (χ0v) is 9.61. The summed E-state index contributed by atoms with van der Waals surface area (Å²) in [5, 5.41) is 13.1. The molecule has 3 amide bonds. The predicted octanol–water partition coefficient (Wildman–Crippen LogP) is -0.763. The number of nitrogens with one attached hydrogen (secondary N) is 2. The van der Waals surface area contributed by atoms with E-state index in [-0.39, 0.29) is 18.5 Å². The Bertz CT molecular complexity index is 278. The lowest BCUT2D eigenvalue weighted by Gasteiger charge is -2.17. The molecule has 0 aromatic rings. The molecule has 0 radical (unpaired) electrons. The van der Waals surface area contributed by atoms with E-state index in [1.54, 1.807) is 0 Å². The fourth-order valence-electron chi connectivity index (χ4n) is 0.941. The molecule has 0 aliphatic heterocycles. The molecule has 0 spiro atoms. The molecule has 16 heavy (non-hydrogen) atoms. The van der Waals surface area contributed by atoms with Crippen LogP contribution in [0.15, 0.2) is 0 Å². The fraction of sp³-hybridized carbons (Fsp3) is 0.667. The molecule has 0 heterocycles. The normalized spacial score (nSPS) is 9.75. The molecule has 0 atom stereocenters. The first-order valence-electron chi connectivity index (χ1n) is 4.83. The number of carbonyl (C=O) groups excluding carboxylic acids is 2. The van der Waals surface area contributed by atoms with Crippen molar-refractivity contribution in [1.82, 2.24) is 15.5 Å². The fourth-order valence-corrected chi connectivity index (χ4v) is 0.941. The van der Waals surface area contributed by atoms with Crippen LogP contribution in [0.4, 0.5) is 4.79 Å². The van der Waals surface area contributed by atoms with Crippen LogP contribution in [0.1, 0.15) is 13.8 Å². The minimum absolute atomic E-state index is 0.00276. The maximum atomic E-state index is 11.3. The van der Waals surface area contributed by atoms with Gasteiger partial charge in [0.15, 0.2) is 0 Å². The number of likely N-dealkylation sites (N-methyl/N-ethyl adjacent to an activating group) is 1. The number of amides is 3. The number of hydrogen-bond acceptors (Lipinski definition) is 3. The minimum Gasteiger partial charge on any atom is -0.480 e. The van der Waals surface area contributed by atoms with Gasteiger partial charge in [0.2, 0.25) is 5.91 Å². The summed E-state index contributed by atoms with van der Waals surface area (Å²) in [6.07, 6.45) is 0. The lowest BCUT2D eigenvalue weighted by atomic mass is 10.4. The first-order valence-corrected chi connectivity index (χ1v) is 4.83. The summed E-state index contributed by atoms with van der Waals surface area (Å²) in [5.74, 6) is -1.42. The zero-order valence-electron chi connectivity index (χ0n) is 9.61. The zero-order chi connectivity index (χ0) is 12.7. The number of aliphatic carboxylic acids is 1. The van der Waals surface area contributed by atoms with Gasteiger partial charge in [-0.3, -0.25) is 9.59 Å². The van der Waals surface area contributed by atoms with Gasteiger partial charge in [-0.1, -0.05) is 0 Å². The third-order valence-electron chi connectivity index (χ3n) is 1.57. The van der Waals surface area contributed by atoms with Crippen molar-refractivity contribution in [3.05, 3.63) is 0 Å². The van der Waals surface area contributed by atoms with Crippen molar-refractivity contribution < 1.29 is 19.5 Å². The van der Waals surface area contributed by atoms with Crippen molar-refractivity contribution in [3.63, 3.8) is 0 Å². The second kappa shape index (κ2) is 6.65. The van der Waals surface area contributed by atoms with Crippen LogP contribution in [0.5, 0.6) is 0 Å². The van der Waals surface area contributed by atoms with Crippen molar-refractivity contribution in [2.75, 3.05) is 20.1 Å². The highest BCUT2D eigenvalue weighted by molar-refractivity contribution is 5.85. The van der Waals surface area contributed by atoms with Crippen LogP contribution < -0.4 is 10.6 Å². The molecule has 0 saturated heterocycles. The van der Waals surface area contributed by atoms with E-state index >= 15 is 0 Å². The van der Waals surface area contributed by atoms with Crippen molar-refractivity contribution in [2.45, 2.75) is 19.9 Å². The van der Waals surface area contributed by atoms with Gasteiger partial charge in [0, 0.05) is 13.1 Å². The molecule has 3 N–H and O–H groups in total. The summed E-state index contributed by atoms with van der Waals surface area (Å²) in [5.41, 5.74) is 0. The van der Waals surface area contributed by atoms with Crippen LogP contribution in [-0.4, -0.2) is 54.1 Å². The number of urea groups is 1. The predicted molar refractivity (Wildman–Crippen MR) is 56.9 cm³/mol. The Morgan fingerprint density at radius 2 is 1.88 bits per heavy atom. The van der Waals surface area contributed by atoms with E-state index in [1.807, 2.05) is 13.8 Å². The van der Waals surface area contributed by atoms with Gasteiger partial charge in [0.05, 0.1) is 0 Å². The second-order valence-electron chi connectivity index (χ2n) is 3.63. The molecule has 7 heteroatoms. The van der Waals surface area contributed by atoms with Gasteiger partial charge < -0.3 is 20.6 Å². The van der Waals surface area contributed by atoms with Gasteiger partial charge in [-0.25, -0.2) is 4.79 Å². The molecule has 0 bridgehead atoms. The van der Waals surface area contributed by atoms with Crippen molar-refractivity contribution >= 4 is 17.9 Å². The molecule has 0 saturated carbocycles. The molecule has 0 aliphatic carbocycles. The standard InChI is InChI=1S/C9H17N3O4/c1-6(2)11-7(13)5-12(3)9(16)10-4-8(14)15/h6H,4-5H2,1-3H3,(H,10,16)(H,11,13)(H,14,15). The highest BCUT2D eigenvalue weighted by atomic mass is 16.4. The minimum atomic E-state index is -1.13. The van der Waals surface area contributed by atoms with E-state index in [0.717, 1.165) is 4.90 Å². The largest absolute Gasteiger partial charge is 0.480 e. The molecular weight excluding hydrogens is 214 g/mol. The topological polar surface area (TPSA) is 98.7 Å². The Labute approximate surface area is 93.8 Å². The summed E-state index contributed by atoms with van der Waals surface area (Å²) in [6, 6.07) is -0.593. The summed E-state index contributed by atoms with van der Waals surface area (Å²) in [4.78, 5) is 33.8. The van der Waals surface area contributed by atoms with E-state index in [2.05, 4.69) is 10.6 Å². The van der Waals surface area contributed by atoms with Crippen molar-refractivity contribution in [3.8, 4) is 0 Å². The Kier molecular flexibility index (Phi) is 5.91. The van der Waals surface area contributed by atoms with Gasteiger partial charge in [-0.15, -0.1) is 0 Å². The van der Waals surface area contributed by atoms with E-state index < -0.39 is 18.5 Å². The van der Waals surface area contributed by atoms with E-state index in [4.69, 9.17) is 5.11 Å². The van der Waals surface area contributed by atoms with Crippen LogP contribution in [0.3, 0.4) is 0 Å². The van der Waals surface area contributed by atoms with E-state index in [1.165, 1.54) is 7.05 Å². The maximum Gasteiger partial charge on any atom is 0.323 e. The van der Waals surface area contributed by atoms with Crippen LogP contribution >= 0.6 is 0 Å². The molecule has 0 rings (SSSR count). The molecule has 0 unspecified atom stereocenters.